The van der Waals surface area contributed by atoms with Gasteiger partial charge in [-0.1, -0.05) is 23.3 Å². The van der Waals surface area contributed by atoms with Crippen molar-refractivity contribution in [3.05, 3.63) is 70.6 Å². The molecule has 0 aliphatic heterocycles. The second kappa shape index (κ2) is 8.03. The van der Waals surface area contributed by atoms with E-state index in [0.29, 0.717) is 17.9 Å². The molecule has 1 heterocycles. The number of benzene rings is 2. The largest absolute Gasteiger partial charge is 0.491 e. The van der Waals surface area contributed by atoms with Gasteiger partial charge in [-0.3, -0.25) is 10.1 Å². The number of hydrogen-bond acceptors (Lipinski definition) is 5. The third-order valence-electron chi connectivity index (χ3n) is 4.10. The minimum atomic E-state index is -0.313. The first-order valence-electron chi connectivity index (χ1n) is 8.87. The van der Waals surface area contributed by atoms with Gasteiger partial charge in [0.1, 0.15) is 5.75 Å². The van der Waals surface area contributed by atoms with Gasteiger partial charge in [0.15, 0.2) is 0 Å². The molecule has 0 fully saturated rings. The van der Waals surface area contributed by atoms with Crippen LogP contribution in [0.5, 0.6) is 5.75 Å². The summed E-state index contributed by atoms with van der Waals surface area (Å²) in [7, 11) is 0. The predicted molar refractivity (Wildman–Crippen MR) is 103 cm³/mol. The Morgan fingerprint density at radius 2 is 1.81 bits per heavy atom. The van der Waals surface area contributed by atoms with Crippen LogP contribution in [0.15, 0.2) is 46.9 Å². The summed E-state index contributed by atoms with van der Waals surface area (Å²) in [6.45, 7) is 8.04. The number of anilines is 1. The molecule has 0 radical (unpaired) electrons. The van der Waals surface area contributed by atoms with Crippen LogP contribution in [0, 0.1) is 13.8 Å². The van der Waals surface area contributed by atoms with Crippen LogP contribution in [0.4, 0.5) is 6.01 Å². The van der Waals surface area contributed by atoms with Crippen molar-refractivity contribution >= 4 is 11.9 Å². The molecule has 140 valence electrons. The van der Waals surface area contributed by atoms with Gasteiger partial charge in [-0.2, -0.15) is 0 Å². The maximum absolute atomic E-state index is 12.3. The zero-order valence-electron chi connectivity index (χ0n) is 15.9. The number of hydrogen-bond donors (Lipinski definition) is 1. The Hall–Kier alpha value is -3.15. The number of nitrogens with zero attached hydrogens (tertiary/aromatic N) is 2. The number of amides is 1. The Morgan fingerprint density at radius 3 is 2.48 bits per heavy atom. The van der Waals surface area contributed by atoms with E-state index in [0.717, 1.165) is 11.3 Å². The third-order valence-corrected chi connectivity index (χ3v) is 4.10. The van der Waals surface area contributed by atoms with Crippen molar-refractivity contribution < 1.29 is 13.9 Å². The Balaban J connectivity index is 1.62. The Bertz CT molecular complexity index is 930. The highest BCUT2D eigenvalue weighted by Gasteiger charge is 2.12. The molecule has 1 aromatic heterocycles. The quantitative estimate of drug-likeness (QED) is 0.704. The summed E-state index contributed by atoms with van der Waals surface area (Å²) in [4.78, 5) is 12.3. The van der Waals surface area contributed by atoms with Crippen molar-refractivity contribution in [2.75, 3.05) is 5.32 Å². The van der Waals surface area contributed by atoms with Crippen molar-refractivity contribution in [2.24, 2.45) is 0 Å². The molecule has 3 rings (SSSR count). The first kappa shape index (κ1) is 18.6. The molecule has 6 heteroatoms. The van der Waals surface area contributed by atoms with Gasteiger partial charge in [0.25, 0.3) is 5.91 Å². The number of rotatable bonds is 6. The van der Waals surface area contributed by atoms with Crippen LogP contribution in [0.2, 0.25) is 0 Å². The van der Waals surface area contributed by atoms with E-state index in [1.54, 1.807) is 24.3 Å². The summed E-state index contributed by atoms with van der Waals surface area (Å²) in [6, 6.07) is 13.2. The summed E-state index contributed by atoms with van der Waals surface area (Å²) >= 11 is 0. The number of nitrogens with one attached hydrogen (secondary N) is 1. The first-order valence-corrected chi connectivity index (χ1v) is 8.87. The Morgan fingerprint density at radius 1 is 1.07 bits per heavy atom. The molecule has 0 bridgehead atoms. The average Bonchev–Trinajstić information content (AvgIpc) is 3.05. The fourth-order valence-electron chi connectivity index (χ4n) is 2.59. The smallest absolute Gasteiger partial charge is 0.322 e. The van der Waals surface area contributed by atoms with Gasteiger partial charge < -0.3 is 9.15 Å². The summed E-state index contributed by atoms with van der Waals surface area (Å²) in [5.41, 5.74) is 4.02. The van der Waals surface area contributed by atoms with E-state index in [1.165, 1.54) is 11.1 Å². The maximum Gasteiger partial charge on any atom is 0.322 e. The van der Waals surface area contributed by atoms with Crippen LogP contribution in [0.1, 0.15) is 46.8 Å². The fourth-order valence-corrected chi connectivity index (χ4v) is 2.59. The van der Waals surface area contributed by atoms with Gasteiger partial charge in [-0.25, -0.2) is 0 Å². The van der Waals surface area contributed by atoms with Crippen LogP contribution in [0.3, 0.4) is 0 Å². The molecular formula is C21H23N3O3. The van der Waals surface area contributed by atoms with Crippen LogP contribution in [-0.4, -0.2) is 22.2 Å². The molecule has 0 unspecified atom stereocenters. The number of carbonyl (C=O) groups is 1. The molecule has 2 aromatic carbocycles. The average molecular weight is 365 g/mol. The molecule has 0 spiro atoms. The van der Waals surface area contributed by atoms with Crippen LogP contribution < -0.4 is 10.1 Å². The first-order chi connectivity index (χ1) is 12.9. The van der Waals surface area contributed by atoms with E-state index in [9.17, 15) is 4.79 Å². The fraction of sp³-hybridized carbons (Fsp3) is 0.286. The van der Waals surface area contributed by atoms with Gasteiger partial charge >= 0.3 is 6.01 Å². The number of aromatic nitrogens is 2. The molecule has 6 nitrogen and oxygen atoms in total. The number of ether oxygens (including phenoxy) is 1. The molecule has 0 atom stereocenters. The lowest BCUT2D eigenvalue weighted by molar-refractivity contribution is 0.102. The van der Waals surface area contributed by atoms with E-state index in [1.807, 2.05) is 19.9 Å². The Kier molecular flexibility index (Phi) is 5.54. The molecule has 1 N–H and O–H groups in total. The highest BCUT2D eigenvalue weighted by atomic mass is 16.5. The van der Waals surface area contributed by atoms with Gasteiger partial charge in [0.2, 0.25) is 5.89 Å². The molecule has 0 aliphatic carbocycles. The predicted octanol–water partition coefficient (Wildman–Crippen LogP) is 4.32. The van der Waals surface area contributed by atoms with Gasteiger partial charge in [0.05, 0.1) is 12.5 Å². The summed E-state index contributed by atoms with van der Waals surface area (Å²) in [5, 5.41) is 10.5. The van der Waals surface area contributed by atoms with Crippen molar-refractivity contribution in [2.45, 2.75) is 40.2 Å². The lowest BCUT2D eigenvalue weighted by Gasteiger charge is -2.09. The van der Waals surface area contributed by atoms with E-state index in [-0.39, 0.29) is 18.0 Å². The number of aryl methyl sites for hydroxylation is 2. The highest BCUT2D eigenvalue weighted by Crippen LogP contribution is 2.17. The standard InChI is InChI=1S/C21H23N3O3/c1-13(2)26-18-9-7-17(8-10-18)20(25)22-21-24-23-19(27-21)12-16-6-5-14(3)15(4)11-16/h5-11,13H,12H2,1-4H3,(H,22,24,25). The molecule has 0 saturated heterocycles. The van der Waals surface area contributed by atoms with Crippen molar-refractivity contribution in [1.29, 1.82) is 0 Å². The van der Waals surface area contributed by atoms with Crippen LogP contribution in [0.25, 0.3) is 0 Å². The molecule has 0 aliphatic rings. The SMILES string of the molecule is Cc1ccc(Cc2nnc(NC(=O)c3ccc(OC(C)C)cc3)o2)cc1C. The number of carbonyl (C=O) groups excluding carboxylic acids is 1. The lowest BCUT2D eigenvalue weighted by atomic mass is 10.0. The van der Waals surface area contributed by atoms with Crippen molar-refractivity contribution in [3.8, 4) is 5.75 Å². The van der Waals surface area contributed by atoms with Crippen molar-refractivity contribution in [3.63, 3.8) is 0 Å². The highest BCUT2D eigenvalue weighted by molar-refractivity contribution is 6.03. The van der Waals surface area contributed by atoms with E-state index < -0.39 is 0 Å². The topological polar surface area (TPSA) is 77.2 Å². The van der Waals surface area contributed by atoms with Crippen molar-refractivity contribution in [1.82, 2.24) is 10.2 Å². The van der Waals surface area contributed by atoms with Gasteiger partial charge in [-0.15, -0.1) is 5.10 Å². The lowest BCUT2D eigenvalue weighted by Crippen LogP contribution is -2.12. The van der Waals surface area contributed by atoms with Crippen LogP contribution in [-0.2, 0) is 6.42 Å². The van der Waals surface area contributed by atoms with Gasteiger partial charge in [0, 0.05) is 5.56 Å². The zero-order chi connectivity index (χ0) is 19.4. The molecule has 0 saturated carbocycles. The maximum atomic E-state index is 12.3. The second-order valence-corrected chi connectivity index (χ2v) is 6.74. The van der Waals surface area contributed by atoms with E-state index in [2.05, 4.69) is 41.5 Å². The summed E-state index contributed by atoms with van der Waals surface area (Å²) in [5.74, 6) is 0.858. The molecule has 3 aromatic rings. The normalized spacial score (nSPS) is 10.9. The zero-order valence-corrected chi connectivity index (χ0v) is 15.9. The monoisotopic (exact) mass is 365 g/mol. The molecular weight excluding hydrogens is 342 g/mol. The summed E-state index contributed by atoms with van der Waals surface area (Å²) < 4.78 is 11.1. The summed E-state index contributed by atoms with van der Waals surface area (Å²) in [6.07, 6.45) is 0.601. The minimum Gasteiger partial charge on any atom is -0.491 e. The van der Waals surface area contributed by atoms with E-state index >= 15 is 0 Å². The second-order valence-electron chi connectivity index (χ2n) is 6.74. The van der Waals surface area contributed by atoms with Crippen LogP contribution >= 0.6 is 0 Å². The minimum absolute atomic E-state index is 0.0822. The molecule has 27 heavy (non-hydrogen) atoms. The molecule has 1 amide bonds. The Labute approximate surface area is 158 Å². The van der Waals surface area contributed by atoms with E-state index in [4.69, 9.17) is 9.15 Å². The van der Waals surface area contributed by atoms with Gasteiger partial charge in [-0.05, 0) is 68.7 Å². The third kappa shape index (κ3) is 4.94.